The molecule has 0 aromatic heterocycles. The Morgan fingerprint density at radius 2 is 2.35 bits per heavy atom. The van der Waals surface area contributed by atoms with Crippen molar-refractivity contribution in [3.8, 4) is 0 Å². The zero-order valence-corrected chi connectivity index (χ0v) is 11.3. The molecule has 108 valence electrons. The first-order valence-corrected chi connectivity index (χ1v) is 7.14. The smallest absolute Gasteiger partial charge is 0.253 e. The average molecular weight is 278 g/mol. The first-order valence-electron chi connectivity index (χ1n) is 7.14. The molecule has 0 spiro atoms. The van der Waals surface area contributed by atoms with Gasteiger partial charge in [0.2, 0.25) is 0 Å². The van der Waals surface area contributed by atoms with E-state index in [1.54, 1.807) is 6.07 Å². The predicted molar refractivity (Wildman–Crippen MR) is 72.7 cm³/mol. The van der Waals surface area contributed by atoms with Crippen molar-refractivity contribution in [1.82, 2.24) is 10.2 Å². The van der Waals surface area contributed by atoms with Crippen LogP contribution in [0, 0.1) is 5.82 Å². The van der Waals surface area contributed by atoms with Crippen molar-refractivity contribution in [2.24, 2.45) is 0 Å². The number of carbonyl (C=O) groups excluding carboxylic acids is 1. The summed E-state index contributed by atoms with van der Waals surface area (Å²) in [4.78, 5) is 14.4. The third-order valence-corrected chi connectivity index (χ3v) is 3.97. The van der Waals surface area contributed by atoms with Crippen LogP contribution < -0.4 is 5.32 Å². The number of hydrogen-bond acceptors (Lipinski definition) is 3. The van der Waals surface area contributed by atoms with Crippen LogP contribution in [0.2, 0.25) is 0 Å². The van der Waals surface area contributed by atoms with Crippen LogP contribution in [0.3, 0.4) is 0 Å². The fourth-order valence-corrected chi connectivity index (χ4v) is 3.00. The summed E-state index contributed by atoms with van der Waals surface area (Å²) in [6, 6.07) is 6.52. The van der Waals surface area contributed by atoms with Crippen molar-refractivity contribution < 1.29 is 13.9 Å². The van der Waals surface area contributed by atoms with Crippen LogP contribution in [0.1, 0.15) is 24.4 Å². The Labute approximate surface area is 117 Å². The monoisotopic (exact) mass is 278 g/mol. The highest BCUT2D eigenvalue weighted by Crippen LogP contribution is 2.32. The van der Waals surface area contributed by atoms with E-state index in [2.05, 4.69) is 5.32 Å². The van der Waals surface area contributed by atoms with E-state index in [1.807, 2.05) is 11.0 Å². The maximum Gasteiger partial charge on any atom is 0.253 e. The number of amides is 1. The molecular weight excluding hydrogens is 259 g/mol. The number of ether oxygens (including phenoxy) is 1. The number of nitrogens with one attached hydrogen (secondary N) is 1. The van der Waals surface area contributed by atoms with E-state index in [-0.39, 0.29) is 17.8 Å². The van der Waals surface area contributed by atoms with Crippen LogP contribution in [0.5, 0.6) is 0 Å². The highest BCUT2D eigenvalue weighted by molar-refractivity contribution is 5.82. The van der Waals surface area contributed by atoms with Crippen molar-refractivity contribution >= 4 is 5.91 Å². The zero-order valence-electron chi connectivity index (χ0n) is 11.3. The molecule has 0 radical (unpaired) electrons. The largest absolute Gasteiger partial charge is 0.366 e. The molecule has 0 bridgehead atoms. The summed E-state index contributed by atoms with van der Waals surface area (Å²) in [5, 5.41) is 3.17. The van der Waals surface area contributed by atoms with Crippen LogP contribution in [0.15, 0.2) is 24.3 Å². The fraction of sp³-hybridized carbons (Fsp3) is 0.533. The molecule has 3 rings (SSSR count). The second-order valence-corrected chi connectivity index (χ2v) is 5.31. The zero-order chi connectivity index (χ0) is 13.9. The van der Waals surface area contributed by atoms with Gasteiger partial charge in [0.15, 0.2) is 0 Å². The van der Waals surface area contributed by atoms with Crippen molar-refractivity contribution in [3.63, 3.8) is 0 Å². The quantitative estimate of drug-likeness (QED) is 0.891. The first-order chi connectivity index (χ1) is 9.75. The number of hydrogen-bond donors (Lipinski definition) is 1. The van der Waals surface area contributed by atoms with Crippen LogP contribution in [0.25, 0.3) is 0 Å². The van der Waals surface area contributed by atoms with Crippen LogP contribution in [0.4, 0.5) is 4.39 Å². The van der Waals surface area contributed by atoms with Crippen molar-refractivity contribution in [3.05, 3.63) is 35.6 Å². The maximum atomic E-state index is 13.4. The molecule has 2 aliphatic heterocycles. The number of carbonyl (C=O) groups is 1. The summed E-state index contributed by atoms with van der Waals surface area (Å²) in [6.45, 7) is 2.64. The van der Waals surface area contributed by atoms with E-state index in [4.69, 9.17) is 4.74 Å². The van der Waals surface area contributed by atoms with E-state index < -0.39 is 6.10 Å². The summed E-state index contributed by atoms with van der Waals surface area (Å²) < 4.78 is 18.9. The number of morpholine rings is 1. The Kier molecular flexibility index (Phi) is 3.98. The lowest BCUT2D eigenvalue weighted by Gasteiger charge is -2.31. The van der Waals surface area contributed by atoms with E-state index in [0.29, 0.717) is 13.2 Å². The summed E-state index contributed by atoms with van der Waals surface area (Å²) in [5.74, 6) is -0.235. The number of likely N-dealkylation sites (tertiary alicyclic amines) is 1. The summed E-state index contributed by atoms with van der Waals surface area (Å²) >= 11 is 0. The molecule has 1 N–H and O–H groups in total. The third kappa shape index (κ3) is 2.69. The molecule has 2 fully saturated rings. The van der Waals surface area contributed by atoms with Gasteiger partial charge in [0.1, 0.15) is 11.9 Å². The lowest BCUT2D eigenvalue weighted by Crippen LogP contribution is -2.49. The summed E-state index contributed by atoms with van der Waals surface area (Å²) in [7, 11) is 0. The highest BCUT2D eigenvalue weighted by atomic mass is 19.1. The minimum absolute atomic E-state index is 0.0176. The molecule has 2 saturated heterocycles. The van der Waals surface area contributed by atoms with Crippen LogP contribution in [-0.4, -0.2) is 43.2 Å². The molecule has 1 aromatic rings. The molecule has 4 nitrogen and oxygen atoms in total. The van der Waals surface area contributed by atoms with Crippen LogP contribution in [-0.2, 0) is 9.53 Å². The maximum absolute atomic E-state index is 13.4. The molecular formula is C15H19FN2O2. The standard InChI is InChI=1S/C15H19FN2O2/c16-12-4-1-3-11(9-12)13-5-2-7-18(13)15(19)14-10-17-6-8-20-14/h1,3-4,9,13-14,17H,2,5-8,10H2. The minimum Gasteiger partial charge on any atom is -0.366 e. The molecule has 0 saturated carbocycles. The average Bonchev–Trinajstić information content (AvgIpc) is 2.97. The van der Waals surface area contributed by atoms with Gasteiger partial charge in [-0.1, -0.05) is 12.1 Å². The number of halogens is 1. The molecule has 2 aliphatic rings. The van der Waals surface area contributed by atoms with Crippen molar-refractivity contribution in [2.75, 3.05) is 26.2 Å². The summed E-state index contributed by atoms with van der Waals surface area (Å²) in [5.41, 5.74) is 0.875. The Bertz CT molecular complexity index is 489. The van der Waals surface area contributed by atoms with Gasteiger partial charge in [-0.05, 0) is 30.5 Å². The van der Waals surface area contributed by atoms with E-state index >= 15 is 0 Å². The topological polar surface area (TPSA) is 41.6 Å². The molecule has 2 atom stereocenters. The van der Waals surface area contributed by atoms with Crippen molar-refractivity contribution in [2.45, 2.75) is 25.0 Å². The SMILES string of the molecule is O=C(C1CNCCO1)N1CCCC1c1cccc(F)c1. The van der Waals surface area contributed by atoms with Gasteiger partial charge in [-0.3, -0.25) is 4.79 Å². The van der Waals surface area contributed by atoms with Gasteiger partial charge >= 0.3 is 0 Å². The number of benzene rings is 1. The third-order valence-electron chi connectivity index (χ3n) is 3.97. The van der Waals surface area contributed by atoms with Crippen molar-refractivity contribution in [1.29, 1.82) is 0 Å². The van der Waals surface area contributed by atoms with Crippen LogP contribution >= 0.6 is 0 Å². The van der Waals surface area contributed by atoms with Gasteiger partial charge in [-0.15, -0.1) is 0 Å². The molecule has 0 aliphatic carbocycles. The first kappa shape index (κ1) is 13.5. The molecule has 2 heterocycles. The van der Waals surface area contributed by atoms with E-state index in [9.17, 15) is 9.18 Å². The van der Waals surface area contributed by atoms with Gasteiger partial charge in [-0.25, -0.2) is 4.39 Å². The Balaban J connectivity index is 1.76. The van der Waals surface area contributed by atoms with Gasteiger partial charge in [0.05, 0.1) is 12.6 Å². The summed E-state index contributed by atoms with van der Waals surface area (Å²) in [6.07, 6.45) is 1.43. The molecule has 20 heavy (non-hydrogen) atoms. The van der Waals surface area contributed by atoms with Gasteiger partial charge < -0.3 is 15.0 Å². The number of nitrogens with zero attached hydrogens (tertiary/aromatic N) is 1. The second-order valence-electron chi connectivity index (χ2n) is 5.31. The minimum atomic E-state index is -0.405. The Hall–Kier alpha value is -1.46. The Morgan fingerprint density at radius 3 is 3.10 bits per heavy atom. The Morgan fingerprint density at radius 1 is 1.45 bits per heavy atom. The van der Waals surface area contributed by atoms with Gasteiger partial charge in [0, 0.05) is 19.6 Å². The van der Waals surface area contributed by atoms with E-state index in [1.165, 1.54) is 12.1 Å². The fourth-order valence-electron chi connectivity index (χ4n) is 3.00. The molecule has 5 heteroatoms. The second kappa shape index (κ2) is 5.89. The highest BCUT2D eigenvalue weighted by Gasteiger charge is 2.35. The van der Waals surface area contributed by atoms with Gasteiger partial charge in [0.25, 0.3) is 5.91 Å². The molecule has 2 unspecified atom stereocenters. The lowest BCUT2D eigenvalue weighted by molar-refractivity contribution is -0.146. The van der Waals surface area contributed by atoms with Gasteiger partial charge in [-0.2, -0.15) is 0 Å². The molecule has 1 amide bonds. The van der Waals surface area contributed by atoms with E-state index in [0.717, 1.165) is 31.5 Å². The number of rotatable bonds is 2. The predicted octanol–water partition coefficient (Wildman–Crippen LogP) is 1.48. The molecule has 1 aromatic carbocycles. The lowest BCUT2D eigenvalue weighted by atomic mass is 10.0. The normalized spacial score (nSPS) is 26.8.